The molecule has 1 aliphatic rings. The SMILES string of the molecule is CN(Cc1csc(-c2ccccc2)n1)C(=O)[C@H]1Cc2ccccc2CN1C. The molecule has 138 valence electrons. The van der Waals surface area contributed by atoms with E-state index in [0.29, 0.717) is 6.54 Å². The Labute approximate surface area is 164 Å². The van der Waals surface area contributed by atoms with Gasteiger partial charge in [0.05, 0.1) is 18.3 Å². The number of carbonyl (C=O) groups is 1. The van der Waals surface area contributed by atoms with Crippen LogP contribution in [0, 0.1) is 0 Å². The molecule has 27 heavy (non-hydrogen) atoms. The van der Waals surface area contributed by atoms with Gasteiger partial charge in [0.25, 0.3) is 0 Å². The molecule has 2 heterocycles. The van der Waals surface area contributed by atoms with E-state index in [1.54, 1.807) is 16.2 Å². The summed E-state index contributed by atoms with van der Waals surface area (Å²) < 4.78 is 0. The van der Waals surface area contributed by atoms with Crippen molar-refractivity contribution in [3.05, 3.63) is 76.8 Å². The van der Waals surface area contributed by atoms with Gasteiger partial charge in [-0.25, -0.2) is 4.98 Å². The third kappa shape index (κ3) is 3.80. The predicted molar refractivity (Wildman–Crippen MR) is 109 cm³/mol. The number of nitrogens with zero attached hydrogens (tertiary/aromatic N) is 3. The molecular formula is C22H23N3OS. The zero-order valence-electron chi connectivity index (χ0n) is 15.6. The van der Waals surface area contributed by atoms with Crippen LogP contribution in [0.1, 0.15) is 16.8 Å². The van der Waals surface area contributed by atoms with Crippen LogP contribution >= 0.6 is 11.3 Å². The van der Waals surface area contributed by atoms with Crippen molar-refractivity contribution in [3.63, 3.8) is 0 Å². The molecule has 0 saturated heterocycles. The van der Waals surface area contributed by atoms with Crippen molar-refractivity contribution in [1.29, 1.82) is 0 Å². The third-order valence-electron chi connectivity index (χ3n) is 5.12. The van der Waals surface area contributed by atoms with E-state index < -0.39 is 0 Å². The van der Waals surface area contributed by atoms with Gasteiger partial charge in [0, 0.05) is 24.5 Å². The van der Waals surface area contributed by atoms with E-state index in [9.17, 15) is 4.79 Å². The van der Waals surface area contributed by atoms with Crippen molar-refractivity contribution < 1.29 is 4.79 Å². The number of aromatic nitrogens is 1. The first-order chi connectivity index (χ1) is 13.1. The summed E-state index contributed by atoms with van der Waals surface area (Å²) in [5.41, 5.74) is 4.65. The number of benzene rings is 2. The summed E-state index contributed by atoms with van der Waals surface area (Å²) in [4.78, 5) is 21.7. The van der Waals surface area contributed by atoms with E-state index in [1.807, 2.05) is 37.7 Å². The Morgan fingerprint density at radius 3 is 2.63 bits per heavy atom. The maximum Gasteiger partial charge on any atom is 0.240 e. The molecule has 0 aliphatic carbocycles. The zero-order valence-corrected chi connectivity index (χ0v) is 16.4. The molecule has 1 aliphatic heterocycles. The van der Waals surface area contributed by atoms with Crippen LogP contribution in [0.25, 0.3) is 10.6 Å². The van der Waals surface area contributed by atoms with Gasteiger partial charge in [0.1, 0.15) is 5.01 Å². The second kappa shape index (κ2) is 7.62. The fourth-order valence-corrected chi connectivity index (χ4v) is 4.42. The number of likely N-dealkylation sites (N-methyl/N-ethyl adjacent to an activating group) is 2. The highest BCUT2D eigenvalue weighted by Crippen LogP contribution is 2.25. The van der Waals surface area contributed by atoms with Crippen molar-refractivity contribution in [1.82, 2.24) is 14.8 Å². The number of hydrogen-bond acceptors (Lipinski definition) is 4. The Balaban J connectivity index is 1.45. The summed E-state index contributed by atoms with van der Waals surface area (Å²) in [7, 11) is 3.90. The highest BCUT2D eigenvalue weighted by molar-refractivity contribution is 7.13. The first-order valence-corrected chi connectivity index (χ1v) is 10.0. The first-order valence-electron chi connectivity index (χ1n) is 9.13. The second-order valence-corrected chi connectivity index (χ2v) is 7.97. The number of fused-ring (bicyclic) bond motifs is 1. The number of hydrogen-bond donors (Lipinski definition) is 0. The summed E-state index contributed by atoms with van der Waals surface area (Å²) in [5, 5.41) is 3.04. The second-order valence-electron chi connectivity index (χ2n) is 7.11. The quantitative estimate of drug-likeness (QED) is 0.693. The van der Waals surface area contributed by atoms with Gasteiger partial charge < -0.3 is 4.90 Å². The normalized spacial score (nSPS) is 16.7. The van der Waals surface area contributed by atoms with Gasteiger partial charge in [-0.3, -0.25) is 9.69 Å². The molecule has 3 aromatic rings. The van der Waals surface area contributed by atoms with Crippen LogP contribution in [0.15, 0.2) is 60.0 Å². The molecule has 5 heteroatoms. The molecule has 4 rings (SSSR count). The lowest BCUT2D eigenvalue weighted by Gasteiger charge is -2.35. The number of thiazole rings is 1. The summed E-state index contributed by atoms with van der Waals surface area (Å²) in [6.07, 6.45) is 0.766. The maximum absolute atomic E-state index is 13.1. The lowest BCUT2D eigenvalue weighted by molar-refractivity contribution is -0.136. The Kier molecular flexibility index (Phi) is 5.05. The van der Waals surface area contributed by atoms with Gasteiger partial charge in [-0.15, -0.1) is 11.3 Å². The summed E-state index contributed by atoms with van der Waals surface area (Å²) >= 11 is 1.62. The van der Waals surface area contributed by atoms with Gasteiger partial charge in [0.15, 0.2) is 0 Å². The number of amides is 1. The van der Waals surface area contributed by atoms with E-state index in [0.717, 1.165) is 29.2 Å². The lowest BCUT2D eigenvalue weighted by Crippen LogP contribution is -2.48. The fourth-order valence-electron chi connectivity index (χ4n) is 3.60. The molecule has 0 radical (unpaired) electrons. The molecular weight excluding hydrogens is 354 g/mol. The Morgan fingerprint density at radius 2 is 1.85 bits per heavy atom. The topological polar surface area (TPSA) is 36.4 Å². The van der Waals surface area contributed by atoms with Crippen LogP contribution in [0.2, 0.25) is 0 Å². The molecule has 0 unspecified atom stereocenters. The third-order valence-corrected chi connectivity index (χ3v) is 6.06. The van der Waals surface area contributed by atoms with Gasteiger partial charge >= 0.3 is 0 Å². The summed E-state index contributed by atoms with van der Waals surface area (Å²) in [6, 6.07) is 18.4. The number of carbonyl (C=O) groups excluding carboxylic acids is 1. The molecule has 1 atom stereocenters. The van der Waals surface area contributed by atoms with Crippen molar-refractivity contribution in [3.8, 4) is 10.6 Å². The molecule has 0 N–H and O–H groups in total. The van der Waals surface area contributed by atoms with Gasteiger partial charge in [-0.2, -0.15) is 0 Å². The number of rotatable bonds is 4. The largest absolute Gasteiger partial charge is 0.338 e. The van der Waals surface area contributed by atoms with E-state index in [1.165, 1.54) is 11.1 Å². The van der Waals surface area contributed by atoms with Crippen molar-refractivity contribution in [2.75, 3.05) is 14.1 Å². The minimum absolute atomic E-state index is 0.114. The minimum Gasteiger partial charge on any atom is -0.338 e. The van der Waals surface area contributed by atoms with Gasteiger partial charge in [0.2, 0.25) is 5.91 Å². The predicted octanol–water partition coefficient (Wildman–Crippen LogP) is 3.83. The molecule has 0 fully saturated rings. The molecule has 0 bridgehead atoms. The average molecular weight is 378 g/mol. The molecule has 1 aromatic heterocycles. The van der Waals surface area contributed by atoms with Crippen LogP contribution in [0.4, 0.5) is 0 Å². The van der Waals surface area contributed by atoms with E-state index in [2.05, 4.69) is 41.3 Å². The lowest BCUT2D eigenvalue weighted by atomic mass is 9.94. The highest BCUT2D eigenvalue weighted by atomic mass is 32.1. The standard InChI is InChI=1S/C22H23N3OS/c1-24-13-18-11-7-6-10-17(18)12-20(24)22(26)25(2)14-19-15-27-21(23-19)16-8-4-3-5-9-16/h3-11,15,20H,12-14H2,1-2H3/t20-/m1/s1. The van der Waals surface area contributed by atoms with Crippen molar-refractivity contribution in [2.45, 2.75) is 25.6 Å². The minimum atomic E-state index is -0.114. The maximum atomic E-state index is 13.1. The highest BCUT2D eigenvalue weighted by Gasteiger charge is 2.31. The van der Waals surface area contributed by atoms with Gasteiger partial charge in [-0.05, 0) is 24.6 Å². The zero-order chi connectivity index (χ0) is 18.8. The van der Waals surface area contributed by atoms with Crippen LogP contribution in [-0.4, -0.2) is 40.8 Å². The van der Waals surface area contributed by atoms with Crippen molar-refractivity contribution in [2.24, 2.45) is 0 Å². The van der Waals surface area contributed by atoms with Crippen molar-refractivity contribution >= 4 is 17.2 Å². The smallest absolute Gasteiger partial charge is 0.240 e. The Bertz CT molecular complexity index is 937. The first kappa shape index (κ1) is 17.9. The van der Waals surface area contributed by atoms with Crippen LogP contribution in [0.5, 0.6) is 0 Å². The van der Waals surface area contributed by atoms with Crippen LogP contribution in [0.3, 0.4) is 0 Å². The fraction of sp³-hybridized carbons (Fsp3) is 0.273. The van der Waals surface area contributed by atoms with Gasteiger partial charge in [-0.1, -0.05) is 54.6 Å². The Morgan fingerprint density at radius 1 is 1.15 bits per heavy atom. The van der Waals surface area contributed by atoms with E-state index in [-0.39, 0.29) is 11.9 Å². The summed E-state index contributed by atoms with van der Waals surface area (Å²) in [5.74, 6) is 0.154. The molecule has 4 nitrogen and oxygen atoms in total. The monoisotopic (exact) mass is 377 g/mol. The molecule has 0 saturated carbocycles. The molecule has 2 aromatic carbocycles. The Hall–Kier alpha value is -2.50. The van der Waals surface area contributed by atoms with E-state index >= 15 is 0 Å². The molecule has 0 spiro atoms. The summed E-state index contributed by atoms with van der Waals surface area (Å²) in [6.45, 7) is 1.35. The van der Waals surface area contributed by atoms with E-state index in [4.69, 9.17) is 4.98 Å². The van der Waals surface area contributed by atoms with Crippen LogP contribution < -0.4 is 0 Å². The average Bonchev–Trinajstić information content (AvgIpc) is 3.16. The van der Waals surface area contributed by atoms with Crippen LogP contribution in [-0.2, 0) is 24.3 Å². The molecule has 1 amide bonds.